The number of phenolic OH excluding ortho intramolecular Hbond substituents is 1. The third kappa shape index (κ3) is 7.79. The molecule has 0 heterocycles. The van der Waals surface area contributed by atoms with Gasteiger partial charge in [0, 0.05) is 43.3 Å². The first-order valence-electron chi connectivity index (χ1n) is 8.45. The Morgan fingerprint density at radius 3 is 2.00 bits per heavy atom. The molecular weight excluding hydrogens is 288 g/mol. The SMILES string of the molecule is CC(C)CNCc1cc(CN(C)C)cc(CNCC(C)N)c1O. The van der Waals surface area contributed by atoms with Crippen LogP contribution in [0.25, 0.3) is 0 Å². The summed E-state index contributed by atoms with van der Waals surface area (Å²) >= 11 is 0. The number of aromatic hydroxyl groups is 1. The van der Waals surface area contributed by atoms with E-state index in [1.165, 1.54) is 5.56 Å². The van der Waals surface area contributed by atoms with Crippen molar-refractivity contribution < 1.29 is 5.11 Å². The molecule has 132 valence electrons. The van der Waals surface area contributed by atoms with Crippen molar-refractivity contribution in [3.05, 3.63) is 28.8 Å². The Morgan fingerprint density at radius 1 is 1.04 bits per heavy atom. The minimum Gasteiger partial charge on any atom is -0.507 e. The van der Waals surface area contributed by atoms with Crippen LogP contribution in [-0.2, 0) is 19.6 Å². The zero-order valence-electron chi connectivity index (χ0n) is 15.3. The zero-order valence-corrected chi connectivity index (χ0v) is 15.3. The summed E-state index contributed by atoms with van der Waals surface area (Å²) in [5, 5.41) is 17.3. The molecule has 1 atom stereocenters. The van der Waals surface area contributed by atoms with E-state index in [9.17, 15) is 5.11 Å². The van der Waals surface area contributed by atoms with Crippen LogP contribution in [0.2, 0.25) is 0 Å². The Balaban J connectivity index is 2.88. The number of nitrogens with one attached hydrogen (secondary N) is 2. The van der Waals surface area contributed by atoms with Crippen molar-refractivity contribution in [3.8, 4) is 5.75 Å². The van der Waals surface area contributed by atoms with Gasteiger partial charge in [-0.2, -0.15) is 0 Å². The van der Waals surface area contributed by atoms with E-state index in [4.69, 9.17) is 5.73 Å². The topological polar surface area (TPSA) is 73.5 Å². The lowest BCUT2D eigenvalue weighted by Crippen LogP contribution is -2.30. The van der Waals surface area contributed by atoms with Crippen LogP contribution in [0, 0.1) is 5.92 Å². The standard InChI is InChI=1S/C18H34N4O/c1-13(2)8-20-10-16-6-15(12-22(4)5)7-17(18(16)23)11-21-9-14(3)19/h6-7,13-14,20-21,23H,8-12,19H2,1-5H3. The van der Waals surface area contributed by atoms with E-state index < -0.39 is 0 Å². The van der Waals surface area contributed by atoms with E-state index >= 15 is 0 Å². The molecule has 1 unspecified atom stereocenters. The van der Waals surface area contributed by atoms with Crippen molar-refractivity contribution in [2.45, 2.75) is 46.4 Å². The van der Waals surface area contributed by atoms with E-state index in [2.05, 4.69) is 55.6 Å². The van der Waals surface area contributed by atoms with Gasteiger partial charge in [0.15, 0.2) is 0 Å². The summed E-state index contributed by atoms with van der Waals surface area (Å²) in [6.07, 6.45) is 0. The van der Waals surface area contributed by atoms with Crippen molar-refractivity contribution in [1.82, 2.24) is 15.5 Å². The highest BCUT2D eigenvalue weighted by Gasteiger charge is 2.11. The lowest BCUT2D eigenvalue weighted by atomic mass is 10.0. The molecule has 0 amide bonds. The number of benzene rings is 1. The third-order valence-corrected chi connectivity index (χ3v) is 3.48. The first-order valence-corrected chi connectivity index (χ1v) is 8.45. The molecule has 1 aromatic carbocycles. The fraction of sp³-hybridized carbons (Fsp3) is 0.667. The molecule has 0 bridgehead atoms. The maximum absolute atomic E-state index is 10.6. The molecule has 1 aromatic rings. The second kappa shape index (κ2) is 9.88. The number of hydrogen-bond acceptors (Lipinski definition) is 5. The van der Waals surface area contributed by atoms with Crippen LogP contribution >= 0.6 is 0 Å². The molecule has 0 aliphatic rings. The molecule has 0 aliphatic heterocycles. The predicted octanol–water partition coefficient (Wildman–Crippen LogP) is 1.64. The molecule has 0 aromatic heterocycles. The van der Waals surface area contributed by atoms with Crippen LogP contribution < -0.4 is 16.4 Å². The fourth-order valence-corrected chi connectivity index (χ4v) is 2.49. The lowest BCUT2D eigenvalue weighted by molar-refractivity contribution is 0.400. The largest absolute Gasteiger partial charge is 0.507 e. The van der Waals surface area contributed by atoms with Crippen molar-refractivity contribution in [2.75, 3.05) is 27.2 Å². The molecule has 1 rings (SSSR count). The monoisotopic (exact) mass is 322 g/mol. The molecule has 0 saturated heterocycles. The van der Waals surface area contributed by atoms with Gasteiger partial charge in [0.1, 0.15) is 5.75 Å². The molecule has 0 aliphatic carbocycles. The third-order valence-electron chi connectivity index (χ3n) is 3.48. The van der Waals surface area contributed by atoms with Crippen LogP contribution in [0.15, 0.2) is 12.1 Å². The van der Waals surface area contributed by atoms with Crippen molar-refractivity contribution >= 4 is 0 Å². The van der Waals surface area contributed by atoms with Gasteiger partial charge in [0.2, 0.25) is 0 Å². The van der Waals surface area contributed by atoms with Gasteiger partial charge in [0.25, 0.3) is 0 Å². The average molecular weight is 322 g/mol. The van der Waals surface area contributed by atoms with Crippen LogP contribution in [0.5, 0.6) is 5.75 Å². The molecule has 5 heteroatoms. The Hall–Kier alpha value is -1.14. The fourth-order valence-electron chi connectivity index (χ4n) is 2.49. The van der Waals surface area contributed by atoms with Crippen molar-refractivity contribution in [1.29, 1.82) is 0 Å². The van der Waals surface area contributed by atoms with E-state index in [0.29, 0.717) is 24.8 Å². The van der Waals surface area contributed by atoms with Crippen LogP contribution in [0.3, 0.4) is 0 Å². The second-order valence-electron chi connectivity index (χ2n) is 7.13. The molecule has 0 spiro atoms. The second-order valence-corrected chi connectivity index (χ2v) is 7.13. The summed E-state index contributed by atoms with van der Waals surface area (Å²) in [4.78, 5) is 2.14. The van der Waals surface area contributed by atoms with E-state index in [1.54, 1.807) is 0 Å². The Labute approximate surface area is 141 Å². The number of hydrogen-bond donors (Lipinski definition) is 4. The molecule has 0 fully saturated rings. The maximum atomic E-state index is 10.6. The zero-order chi connectivity index (χ0) is 17.4. The highest BCUT2D eigenvalue weighted by atomic mass is 16.3. The van der Waals surface area contributed by atoms with Gasteiger partial charge in [-0.25, -0.2) is 0 Å². The molecule has 0 saturated carbocycles. The maximum Gasteiger partial charge on any atom is 0.124 e. The smallest absolute Gasteiger partial charge is 0.124 e. The van der Waals surface area contributed by atoms with E-state index in [1.807, 2.05) is 6.92 Å². The van der Waals surface area contributed by atoms with Gasteiger partial charge < -0.3 is 26.4 Å². The number of phenols is 1. The summed E-state index contributed by atoms with van der Waals surface area (Å²) in [5.41, 5.74) is 8.88. The normalized spacial score (nSPS) is 13.0. The molecule has 0 radical (unpaired) electrons. The molecule has 5 N–H and O–H groups in total. The first kappa shape index (κ1) is 19.9. The van der Waals surface area contributed by atoms with Gasteiger partial charge >= 0.3 is 0 Å². The Bertz CT molecular complexity index is 437. The van der Waals surface area contributed by atoms with Gasteiger partial charge in [0.05, 0.1) is 0 Å². The van der Waals surface area contributed by atoms with E-state index in [-0.39, 0.29) is 6.04 Å². The Morgan fingerprint density at radius 2 is 1.57 bits per heavy atom. The average Bonchev–Trinajstić information content (AvgIpc) is 2.41. The van der Waals surface area contributed by atoms with Gasteiger partial charge in [-0.1, -0.05) is 13.8 Å². The van der Waals surface area contributed by atoms with E-state index in [0.717, 1.165) is 30.8 Å². The van der Waals surface area contributed by atoms with Crippen LogP contribution in [-0.4, -0.2) is 43.2 Å². The van der Waals surface area contributed by atoms with Gasteiger partial charge in [-0.15, -0.1) is 0 Å². The number of nitrogens with zero attached hydrogens (tertiary/aromatic N) is 1. The number of nitrogens with two attached hydrogens (primary N) is 1. The molecule has 5 nitrogen and oxygen atoms in total. The summed E-state index contributed by atoms with van der Waals surface area (Å²) in [6.45, 7) is 10.2. The predicted molar refractivity (Wildman–Crippen MR) is 97.4 cm³/mol. The summed E-state index contributed by atoms with van der Waals surface area (Å²) in [6, 6.07) is 4.28. The summed E-state index contributed by atoms with van der Waals surface area (Å²) in [7, 11) is 4.11. The van der Waals surface area contributed by atoms with Crippen molar-refractivity contribution in [2.24, 2.45) is 11.7 Å². The number of rotatable bonds is 10. The summed E-state index contributed by atoms with van der Waals surface area (Å²) in [5.74, 6) is 0.982. The van der Waals surface area contributed by atoms with Crippen molar-refractivity contribution in [3.63, 3.8) is 0 Å². The Kier molecular flexibility index (Phi) is 8.55. The highest BCUT2D eigenvalue weighted by molar-refractivity contribution is 5.44. The first-order chi connectivity index (χ1) is 10.8. The highest BCUT2D eigenvalue weighted by Crippen LogP contribution is 2.25. The van der Waals surface area contributed by atoms with Crippen LogP contribution in [0.1, 0.15) is 37.5 Å². The molecule has 23 heavy (non-hydrogen) atoms. The van der Waals surface area contributed by atoms with Crippen LogP contribution in [0.4, 0.5) is 0 Å². The molecular formula is C18H34N4O. The van der Waals surface area contributed by atoms with Gasteiger partial charge in [-0.3, -0.25) is 0 Å². The summed E-state index contributed by atoms with van der Waals surface area (Å²) < 4.78 is 0. The minimum atomic E-state index is 0.106. The lowest BCUT2D eigenvalue weighted by Gasteiger charge is -2.17. The quantitative estimate of drug-likeness (QED) is 0.527. The minimum absolute atomic E-state index is 0.106. The van der Waals surface area contributed by atoms with Gasteiger partial charge in [-0.05, 0) is 51.2 Å².